The van der Waals surface area contributed by atoms with Crippen molar-refractivity contribution >= 4 is 17.9 Å². The molecular formula is C67H112O6. The fourth-order valence-corrected chi connectivity index (χ4v) is 8.12. The summed E-state index contributed by atoms with van der Waals surface area (Å²) in [6.07, 6.45) is 82.2. The van der Waals surface area contributed by atoms with Crippen molar-refractivity contribution in [3.8, 4) is 0 Å². The summed E-state index contributed by atoms with van der Waals surface area (Å²) < 4.78 is 16.8. The van der Waals surface area contributed by atoms with E-state index >= 15 is 0 Å². The Morgan fingerprint density at radius 3 is 0.822 bits per heavy atom. The Labute approximate surface area is 450 Å². The van der Waals surface area contributed by atoms with Crippen LogP contribution in [0.5, 0.6) is 0 Å². The van der Waals surface area contributed by atoms with Crippen molar-refractivity contribution in [2.75, 3.05) is 13.2 Å². The van der Waals surface area contributed by atoms with Gasteiger partial charge in [0, 0.05) is 19.3 Å². The van der Waals surface area contributed by atoms with Crippen molar-refractivity contribution in [3.05, 3.63) is 109 Å². The number of esters is 3. The second-order valence-electron chi connectivity index (χ2n) is 19.9. The molecule has 0 N–H and O–H groups in total. The van der Waals surface area contributed by atoms with E-state index in [4.69, 9.17) is 14.2 Å². The smallest absolute Gasteiger partial charge is 0.306 e. The number of rotatable bonds is 54. The maximum absolute atomic E-state index is 12.9. The maximum atomic E-state index is 12.9. The molecule has 6 heteroatoms. The summed E-state index contributed by atoms with van der Waals surface area (Å²) in [6.45, 7) is 6.51. The van der Waals surface area contributed by atoms with Crippen LogP contribution in [0.2, 0.25) is 0 Å². The van der Waals surface area contributed by atoms with Gasteiger partial charge in [-0.15, -0.1) is 0 Å². The van der Waals surface area contributed by atoms with Gasteiger partial charge in [0.25, 0.3) is 0 Å². The normalized spacial score (nSPS) is 12.9. The van der Waals surface area contributed by atoms with E-state index in [0.29, 0.717) is 19.3 Å². The van der Waals surface area contributed by atoms with Crippen LogP contribution >= 0.6 is 0 Å². The van der Waals surface area contributed by atoms with Gasteiger partial charge in [0.2, 0.25) is 0 Å². The molecule has 0 aromatic rings. The minimum absolute atomic E-state index is 0.104. The lowest BCUT2D eigenvalue weighted by atomic mass is 10.1. The van der Waals surface area contributed by atoms with Gasteiger partial charge in [-0.05, 0) is 128 Å². The van der Waals surface area contributed by atoms with Crippen molar-refractivity contribution in [1.29, 1.82) is 0 Å². The quantitative estimate of drug-likeness (QED) is 0.0261. The predicted molar refractivity (Wildman–Crippen MR) is 316 cm³/mol. The van der Waals surface area contributed by atoms with E-state index in [1.165, 1.54) is 135 Å². The number of unbranched alkanes of at least 4 members (excludes halogenated alkanes) is 25. The van der Waals surface area contributed by atoms with E-state index in [1.807, 2.05) is 0 Å². The topological polar surface area (TPSA) is 78.9 Å². The van der Waals surface area contributed by atoms with E-state index < -0.39 is 6.10 Å². The number of hydrogen-bond acceptors (Lipinski definition) is 6. The first-order chi connectivity index (χ1) is 36.0. The lowest BCUT2D eigenvalue weighted by molar-refractivity contribution is -0.167. The molecule has 1 atom stereocenters. The molecule has 0 amide bonds. The fourth-order valence-electron chi connectivity index (χ4n) is 8.12. The van der Waals surface area contributed by atoms with Gasteiger partial charge < -0.3 is 14.2 Å². The number of hydrogen-bond donors (Lipinski definition) is 0. The van der Waals surface area contributed by atoms with Crippen LogP contribution in [0.3, 0.4) is 0 Å². The molecular weight excluding hydrogens is 901 g/mol. The highest BCUT2D eigenvalue weighted by Crippen LogP contribution is 2.14. The molecule has 73 heavy (non-hydrogen) atoms. The first-order valence-corrected chi connectivity index (χ1v) is 30.4. The monoisotopic (exact) mass is 1010 g/mol. The fraction of sp³-hybridized carbons (Fsp3) is 0.687. The molecule has 0 saturated carbocycles. The molecule has 0 fully saturated rings. The van der Waals surface area contributed by atoms with Crippen LogP contribution in [-0.2, 0) is 28.6 Å². The number of allylic oxidation sites excluding steroid dienone is 18. The van der Waals surface area contributed by atoms with Crippen LogP contribution in [0.4, 0.5) is 0 Å². The Morgan fingerprint density at radius 1 is 0.274 bits per heavy atom. The molecule has 0 bridgehead atoms. The molecule has 0 aliphatic carbocycles. The Hall–Kier alpha value is -3.93. The second kappa shape index (κ2) is 60.6. The maximum Gasteiger partial charge on any atom is 0.306 e. The minimum Gasteiger partial charge on any atom is -0.462 e. The van der Waals surface area contributed by atoms with Crippen LogP contribution in [0.1, 0.15) is 278 Å². The van der Waals surface area contributed by atoms with E-state index in [1.54, 1.807) is 0 Å². The van der Waals surface area contributed by atoms with Crippen molar-refractivity contribution < 1.29 is 28.6 Å². The molecule has 0 heterocycles. The van der Waals surface area contributed by atoms with E-state index in [0.717, 1.165) is 96.3 Å². The van der Waals surface area contributed by atoms with E-state index in [2.05, 4.69) is 130 Å². The largest absolute Gasteiger partial charge is 0.462 e. The van der Waals surface area contributed by atoms with Gasteiger partial charge in [-0.1, -0.05) is 239 Å². The zero-order valence-electron chi connectivity index (χ0n) is 47.6. The molecule has 0 rings (SSSR count). The van der Waals surface area contributed by atoms with E-state index in [-0.39, 0.29) is 37.5 Å². The molecule has 0 aromatic carbocycles. The standard InChI is InChI=1S/C67H112O6/c1-4-7-10-13-16-19-22-25-28-31-33-36-39-42-45-48-51-54-57-60-66(69)72-63-64(62-71-65(68)59-56-53-50-47-44-41-38-35-30-27-24-21-18-15-12-9-6-3)73-67(70)61-58-55-52-49-46-43-40-37-34-32-29-26-23-20-17-14-11-8-5-2/h16-21,25-30,34,37-38,41,47,50,64H,4-15,22-24,31-33,35-36,39-40,42-46,48-49,51-63H2,1-3H3/b19-16-,20-17-,21-18-,28-25-,29-26-,30-27-,37-34-,41-38-,50-47-/t64-/m1/s1. The summed E-state index contributed by atoms with van der Waals surface area (Å²) in [5.41, 5.74) is 0. The van der Waals surface area contributed by atoms with Gasteiger partial charge in [-0.2, -0.15) is 0 Å². The number of carbonyl (C=O) groups is 3. The van der Waals surface area contributed by atoms with Crippen molar-refractivity contribution in [1.82, 2.24) is 0 Å². The van der Waals surface area contributed by atoms with Crippen LogP contribution in [0.25, 0.3) is 0 Å². The molecule has 0 aliphatic rings. The minimum atomic E-state index is -0.812. The Kier molecular flexibility index (Phi) is 57.4. The molecule has 0 spiro atoms. The number of ether oxygens (including phenoxy) is 3. The van der Waals surface area contributed by atoms with Crippen LogP contribution in [0, 0.1) is 0 Å². The lowest BCUT2D eigenvalue weighted by Crippen LogP contribution is -2.30. The SMILES string of the molecule is CCCCC/C=C\C/C=C\C/C=C\C/C=C\CCCC(=O)OC[C@H](COC(=O)CCCCCCCCCCC/C=C\C/C=C\CCCCC)OC(=O)CCCCCCCC/C=C\C/C=C\C/C=C\CCCCC. The third-order valence-corrected chi connectivity index (χ3v) is 12.7. The van der Waals surface area contributed by atoms with Gasteiger partial charge in [-0.25, -0.2) is 0 Å². The lowest BCUT2D eigenvalue weighted by Gasteiger charge is -2.18. The molecule has 0 radical (unpaired) electrons. The molecule has 0 saturated heterocycles. The van der Waals surface area contributed by atoms with Crippen molar-refractivity contribution in [2.45, 2.75) is 284 Å². The van der Waals surface area contributed by atoms with Crippen LogP contribution < -0.4 is 0 Å². The zero-order valence-corrected chi connectivity index (χ0v) is 47.6. The van der Waals surface area contributed by atoms with Gasteiger partial charge in [0.1, 0.15) is 13.2 Å². The van der Waals surface area contributed by atoms with Gasteiger partial charge in [0.05, 0.1) is 0 Å². The highest BCUT2D eigenvalue weighted by atomic mass is 16.6. The zero-order chi connectivity index (χ0) is 52.9. The summed E-state index contributed by atoms with van der Waals surface area (Å²) in [4.78, 5) is 38.2. The summed E-state index contributed by atoms with van der Waals surface area (Å²) in [5.74, 6) is -0.975. The third kappa shape index (κ3) is 58.8. The molecule has 416 valence electrons. The number of carbonyl (C=O) groups excluding carboxylic acids is 3. The van der Waals surface area contributed by atoms with Gasteiger partial charge >= 0.3 is 17.9 Å². The predicted octanol–water partition coefficient (Wildman–Crippen LogP) is 20.7. The highest BCUT2D eigenvalue weighted by molar-refractivity contribution is 5.71. The third-order valence-electron chi connectivity index (χ3n) is 12.7. The summed E-state index contributed by atoms with van der Waals surface area (Å²) in [5, 5.41) is 0. The van der Waals surface area contributed by atoms with Gasteiger partial charge in [-0.3, -0.25) is 14.4 Å². The summed E-state index contributed by atoms with van der Waals surface area (Å²) >= 11 is 0. The summed E-state index contributed by atoms with van der Waals surface area (Å²) in [7, 11) is 0. The first-order valence-electron chi connectivity index (χ1n) is 30.4. The van der Waals surface area contributed by atoms with Crippen molar-refractivity contribution in [2.24, 2.45) is 0 Å². The van der Waals surface area contributed by atoms with E-state index in [9.17, 15) is 14.4 Å². The van der Waals surface area contributed by atoms with Crippen molar-refractivity contribution in [3.63, 3.8) is 0 Å². The molecule has 0 aliphatic heterocycles. The average molecular weight is 1010 g/mol. The average Bonchev–Trinajstić information content (AvgIpc) is 3.39. The molecule has 0 aromatic heterocycles. The Balaban J connectivity index is 4.50. The molecule has 0 unspecified atom stereocenters. The Morgan fingerprint density at radius 2 is 0.507 bits per heavy atom. The highest BCUT2D eigenvalue weighted by Gasteiger charge is 2.19. The van der Waals surface area contributed by atoms with Crippen LogP contribution in [0.15, 0.2) is 109 Å². The molecule has 6 nitrogen and oxygen atoms in total. The first kappa shape index (κ1) is 69.1. The van der Waals surface area contributed by atoms with Crippen LogP contribution in [-0.4, -0.2) is 37.2 Å². The Bertz CT molecular complexity index is 1490. The van der Waals surface area contributed by atoms with Gasteiger partial charge in [0.15, 0.2) is 6.10 Å². The summed E-state index contributed by atoms with van der Waals surface area (Å²) in [6, 6.07) is 0. The second-order valence-corrected chi connectivity index (χ2v) is 19.9.